The maximum absolute atomic E-state index is 9.23. The third-order valence-electron chi connectivity index (χ3n) is 3.98. The van der Waals surface area contributed by atoms with Crippen molar-refractivity contribution < 1.29 is 4.74 Å². The van der Waals surface area contributed by atoms with E-state index in [0.717, 1.165) is 51.3 Å². The minimum Gasteiger partial charge on any atom is -0.381 e. The van der Waals surface area contributed by atoms with Gasteiger partial charge in [-0.05, 0) is 49.7 Å². The Morgan fingerprint density at radius 2 is 2.37 bits per heavy atom. The molecule has 1 atom stereocenters. The van der Waals surface area contributed by atoms with Gasteiger partial charge in [-0.2, -0.15) is 5.26 Å². The highest BCUT2D eigenvalue weighted by atomic mass is 16.5. The van der Waals surface area contributed by atoms with E-state index in [0.29, 0.717) is 11.5 Å². The van der Waals surface area contributed by atoms with E-state index in [-0.39, 0.29) is 0 Å². The lowest BCUT2D eigenvalue weighted by Gasteiger charge is -2.22. The van der Waals surface area contributed by atoms with Crippen LogP contribution in [0.3, 0.4) is 0 Å². The van der Waals surface area contributed by atoms with Crippen LogP contribution in [0.25, 0.3) is 0 Å². The number of fused-ring (bicyclic) bond motifs is 1. The van der Waals surface area contributed by atoms with Crippen molar-refractivity contribution in [1.29, 1.82) is 5.26 Å². The van der Waals surface area contributed by atoms with Crippen molar-refractivity contribution in [3.63, 3.8) is 0 Å². The van der Waals surface area contributed by atoms with Crippen LogP contribution in [0.4, 0.5) is 5.82 Å². The maximum Gasteiger partial charge on any atom is 0.144 e. The molecule has 4 heteroatoms. The molecule has 0 spiro atoms. The largest absolute Gasteiger partial charge is 0.381 e. The van der Waals surface area contributed by atoms with Crippen LogP contribution in [0, 0.1) is 17.2 Å². The van der Waals surface area contributed by atoms with E-state index in [2.05, 4.69) is 16.4 Å². The van der Waals surface area contributed by atoms with Crippen molar-refractivity contribution in [1.82, 2.24) is 4.98 Å². The van der Waals surface area contributed by atoms with E-state index in [4.69, 9.17) is 4.74 Å². The molecule has 1 saturated heterocycles. The van der Waals surface area contributed by atoms with Crippen LogP contribution in [0.1, 0.15) is 36.1 Å². The van der Waals surface area contributed by atoms with Gasteiger partial charge in [-0.1, -0.05) is 0 Å². The van der Waals surface area contributed by atoms with Gasteiger partial charge in [0.25, 0.3) is 0 Å². The molecule has 0 radical (unpaired) electrons. The Labute approximate surface area is 113 Å². The zero-order chi connectivity index (χ0) is 13.1. The highest BCUT2D eigenvalue weighted by molar-refractivity contribution is 5.55. The van der Waals surface area contributed by atoms with Gasteiger partial charge in [-0.3, -0.25) is 0 Å². The molecule has 2 heterocycles. The SMILES string of the molecule is N#Cc1cc2c(nc1NCC1CCCOC1)CCC2. The molecule has 19 heavy (non-hydrogen) atoms. The number of ether oxygens (including phenoxy) is 1. The number of rotatable bonds is 3. The number of anilines is 1. The highest BCUT2D eigenvalue weighted by Gasteiger charge is 2.18. The van der Waals surface area contributed by atoms with Crippen molar-refractivity contribution >= 4 is 5.82 Å². The molecule has 4 nitrogen and oxygen atoms in total. The van der Waals surface area contributed by atoms with Crippen LogP contribution >= 0.6 is 0 Å². The summed E-state index contributed by atoms with van der Waals surface area (Å²) in [7, 11) is 0. The quantitative estimate of drug-likeness (QED) is 0.902. The fourth-order valence-corrected chi connectivity index (χ4v) is 2.90. The fraction of sp³-hybridized carbons (Fsp3) is 0.600. The molecule has 1 aromatic rings. The van der Waals surface area contributed by atoms with Crippen LogP contribution in [0.2, 0.25) is 0 Å². The number of nitriles is 1. The van der Waals surface area contributed by atoms with Crippen LogP contribution in [0.15, 0.2) is 6.07 Å². The molecule has 1 fully saturated rings. The molecule has 1 unspecified atom stereocenters. The van der Waals surface area contributed by atoms with Gasteiger partial charge < -0.3 is 10.1 Å². The summed E-state index contributed by atoms with van der Waals surface area (Å²) in [6, 6.07) is 4.27. The molecule has 3 rings (SSSR count). The van der Waals surface area contributed by atoms with Crippen molar-refractivity contribution in [3.8, 4) is 6.07 Å². The van der Waals surface area contributed by atoms with Gasteiger partial charge in [0, 0.05) is 18.8 Å². The molecule has 1 aliphatic carbocycles. The molecule has 1 aliphatic heterocycles. The lowest BCUT2D eigenvalue weighted by atomic mass is 10.0. The number of aromatic nitrogens is 1. The van der Waals surface area contributed by atoms with Crippen molar-refractivity contribution in [2.24, 2.45) is 5.92 Å². The molecule has 1 N–H and O–H groups in total. The number of nitrogens with zero attached hydrogens (tertiary/aromatic N) is 2. The van der Waals surface area contributed by atoms with Crippen LogP contribution < -0.4 is 5.32 Å². The van der Waals surface area contributed by atoms with Gasteiger partial charge in [0.15, 0.2) is 0 Å². The van der Waals surface area contributed by atoms with E-state index in [9.17, 15) is 5.26 Å². The van der Waals surface area contributed by atoms with Gasteiger partial charge in [0.2, 0.25) is 0 Å². The van der Waals surface area contributed by atoms with E-state index in [1.54, 1.807) is 0 Å². The fourth-order valence-electron chi connectivity index (χ4n) is 2.90. The Balaban J connectivity index is 1.71. The van der Waals surface area contributed by atoms with Crippen LogP contribution in [-0.2, 0) is 17.6 Å². The summed E-state index contributed by atoms with van der Waals surface area (Å²) in [4.78, 5) is 4.63. The summed E-state index contributed by atoms with van der Waals surface area (Å²) < 4.78 is 5.48. The highest BCUT2D eigenvalue weighted by Crippen LogP contribution is 2.25. The average Bonchev–Trinajstić information content (AvgIpc) is 2.92. The third kappa shape index (κ3) is 2.71. The first-order chi connectivity index (χ1) is 9.36. The lowest BCUT2D eigenvalue weighted by Crippen LogP contribution is -2.25. The summed E-state index contributed by atoms with van der Waals surface area (Å²) in [5.41, 5.74) is 3.10. The van der Waals surface area contributed by atoms with Gasteiger partial charge in [0.1, 0.15) is 11.9 Å². The van der Waals surface area contributed by atoms with E-state index in [1.165, 1.54) is 17.7 Å². The van der Waals surface area contributed by atoms with Gasteiger partial charge >= 0.3 is 0 Å². The molecule has 0 bridgehead atoms. The van der Waals surface area contributed by atoms with Crippen LogP contribution in [-0.4, -0.2) is 24.7 Å². The molecule has 0 aromatic carbocycles. The third-order valence-corrected chi connectivity index (χ3v) is 3.98. The lowest BCUT2D eigenvalue weighted by molar-refractivity contribution is 0.0595. The first-order valence-electron chi connectivity index (χ1n) is 7.11. The molecular weight excluding hydrogens is 238 g/mol. The van der Waals surface area contributed by atoms with Crippen molar-refractivity contribution in [2.75, 3.05) is 25.1 Å². The molecule has 2 aliphatic rings. The summed E-state index contributed by atoms with van der Waals surface area (Å²) in [5.74, 6) is 1.30. The standard InChI is InChI=1S/C15H19N3O/c16-8-13-7-12-4-1-5-14(12)18-15(13)17-9-11-3-2-6-19-10-11/h7,11H,1-6,9-10H2,(H,17,18). The van der Waals surface area contributed by atoms with Gasteiger partial charge in [-0.15, -0.1) is 0 Å². The normalized spacial score (nSPS) is 21.7. The number of aryl methyl sites for hydroxylation is 2. The first-order valence-corrected chi connectivity index (χ1v) is 7.11. The summed E-state index contributed by atoms with van der Waals surface area (Å²) >= 11 is 0. The summed E-state index contributed by atoms with van der Waals surface area (Å²) in [5, 5.41) is 12.6. The zero-order valence-electron chi connectivity index (χ0n) is 11.1. The second kappa shape index (κ2) is 5.58. The average molecular weight is 257 g/mol. The Morgan fingerprint density at radius 3 is 3.16 bits per heavy atom. The number of hydrogen-bond acceptors (Lipinski definition) is 4. The second-order valence-corrected chi connectivity index (χ2v) is 5.42. The topological polar surface area (TPSA) is 57.9 Å². The minimum absolute atomic E-state index is 0.537. The zero-order valence-corrected chi connectivity index (χ0v) is 11.1. The predicted octanol–water partition coefficient (Wildman–Crippen LogP) is 2.28. The Morgan fingerprint density at radius 1 is 1.42 bits per heavy atom. The van der Waals surface area contributed by atoms with E-state index in [1.807, 2.05) is 6.07 Å². The number of pyridine rings is 1. The van der Waals surface area contributed by atoms with Crippen molar-refractivity contribution in [3.05, 3.63) is 22.9 Å². The van der Waals surface area contributed by atoms with Crippen LogP contribution in [0.5, 0.6) is 0 Å². The number of hydrogen-bond donors (Lipinski definition) is 1. The molecule has 0 saturated carbocycles. The number of nitrogens with one attached hydrogen (secondary N) is 1. The Hall–Kier alpha value is -1.60. The van der Waals surface area contributed by atoms with E-state index >= 15 is 0 Å². The van der Waals surface area contributed by atoms with Gasteiger partial charge in [-0.25, -0.2) is 4.98 Å². The summed E-state index contributed by atoms with van der Waals surface area (Å²) in [6.45, 7) is 2.55. The maximum atomic E-state index is 9.23. The van der Waals surface area contributed by atoms with Gasteiger partial charge in [0.05, 0.1) is 12.2 Å². The predicted molar refractivity (Wildman–Crippen MR) is 73.0 cm³/mol. The Kier molecular flexibility index (Phi) is 3.65. The molecule has 1 aromatic heterocycles. The van der Waals surface area contributed by atoms with E-state index < -0.39 is 0 Å². The second-order valence-electron chi connectivity index (χ2n) is 5.42. The first kappa shape index (κ1) is 12.4. The molecular formula is C15H19N3O. The Bertz CT molecular complexity index is 501. The minimum atomic E-state index is 0.537. The monoisotopic (exact) mass is 257 g/mol. The molecule has 0 amide bonds. The summed E-state index contributed by atoms with van der Waals surface area (Å²) in [6.07, 6.45) is 5.60. The smallest absolute Gasteiger partial charge is 0.144 e. The molecule has 100 valence electrons. The van der Waals surface area contributed by atoms with Crippen molar-refractivity contribution in [2.45, 2.75) is 32.1 Å².